The topological polar surface area (TPSA) is 95.5 Å². The molecule has 0 saturated carbocycles. The lowest BCUT2D eigenvalue weighted by Crippen LogP contribution is -2.04. The molecule has 1 aromatic heterocycles. The van der Waals surface area contributed by atoms with Gasteiger partial charge >= 0.3 is 5.97 Å². The van der Waals surface area contributed by atoms with Crippen molar-refractivity contribution in [2.45, 2.75) is 6.92 Å². The van der Waals surface area contributed by atoms with Crippen molar-refractivity contribution in [3.8, 4) is 33.7 Å². The van der Waals surface area contributed by atoms with Gasteiger partial charge in [-0.1, -0.05) is 41.6 Å². The second kappa shape index (κ2) is 8.43. The molecule has 0 atom stereocenters. The van der Waals surface area contributed by atoms with Crippen LogP contribution in [0, 0.1) is 22.9 Å². The van der Waals surface area contributed by atoms with Crippen molar-refractivity contribution >= 4 is 11.7 Å². The maximum absolute atomic E-state index is 14.3. The molecule has 1 heterocycles. The Morgan fingerprint density at radius 3 is 2.41 bits per heavy atom. The average Bonchev–Trinajstić information content (AvgIpc) is 3.28. The molecule has 0 fully saturated rings. The van der Waals surface area contributed by atoms with E-state index in [4.69, 9.17) is 4.52 Å². The van der Waals surface area contributed by atoms with Crippen molar-refractivity contribution < 1.29 is 23.4 Å². The van der Waals surface area contributed by atoms with Crippen molar-refractivity contribution in [2.24, 2.45) is 0 Å². The number of aromatic nitrogens is 1. The van der Waals surface area contributed by atoms with Gasteiger partial charge in [-0.15, -0.1) is 0 Å². The molecule has 0 N–H and O–H groups in total. The Morgan fingerprint density at radius 1 is 1.03 bits per heavy atom. The Balaban J connectivity index is 1.75. The lowest BCUT2D eigenvalue weighted by Gasteiger charge is -2.09. The van der Waals surface area contributed by atoms with Crippen molar-refractivity contribution in [1.29, 1.82) is 0 Å². The fourth-order valence-electron chi connectivity index (χ4n) is 3.54. The van der Waals surface area contributed by atoms with Gasteiger partial charge in [0.2, 0.25) is 0 Å². The van der Waals surface area contributed by atoms with Crippen LogP contribution in [0.25, 0.3) is 33.7 Å². The number of hydrogen-bond acceptors (Lipinski definition) is 6. The molecule has 0 aliphatic rings. The second-order valence-corrected chi connectivity index (χ2v) is 7.02. The summed E-state index contributed by atoms with van der Waals surface area (Å²) in [4.78, 5) is 23.0. The quantitative estimate of drug-likeness (QED) is 0.224. The van der Waals surface area contributed by atoms with Gasteiger partial charge in [0.1, 0.15) is 11.5 Å². The van der Waals surface area contributed by atoms with Crippen LogP contribution in [0.5, 0.6) is 0 Å². The van der Waals surface area contributed by atoms with E-state index in [1.807, 2.05) is 18.2 Å². The molecule has 32 heavy (non-hydrogen) atoms. The van der Waals surface area contributed by atoms with Gasteiger partial charge in [-0.3, -0.25) is 10.1 Å². The highest BCUT2D eigenvalue weighted by atomic mass is 19.1. The maximum atomic E-state index is 14.3. The Bertz CT molecular complexity index is 1330. The summed E-state index contributed by atoms with van der Waals surface area (Å²) in [6.07, 6.45) is 0. The zero-order valence-corrected chi connectivity index (χ0v) is 17.2. The van der Waals surface area contributed by atoms with Gasteiger partial charge in [0.05, 0.1) is 23.2 Å². The molecule has 0 amide bonds. The number of nitro benzene ring substituents is 1. The van der Waals surface area contributed by atoms with Crippen LogP contribution in [0.15, 0.2) is 71.3 Å². The Kier molecular flexibility index (Phi) is 5.51. The van der Waals surface area contributed by atoms with Gasteiger partial charge < -0.3 is 9.26 Å². The van der Waals surface area contributed by atoms with Crippen LogP contribution in [0.2, 0.25) is 0 Å². The average molecular weight is 432 g/mol. The Hall–Kier alpha value is -4.33. The van der Waals surface area contributed by atoms with E-state index in [1.54, 1.807) is 37.3 Å². The highest BCUT2D eigenvalue weighted by Crippen LogP contribution is 2.39. The van der Waals surface area contributed by atoms with Crippen molar-refractivity contribution in [3.63, 3.8) is 0 Å². The number of nitrogens with zero attached hydrogens (tertiary/aromatic N) is 2. The van der Waals surface area contributed by atoms with Crippen LogP contribution in [0.1, 0.15) is 15.9 Å². The predicted molar refractivity (Wildman–Crippen MR) is 115 cm³/mol. The van der Waals surface area contributed by atoms with E-state index in [0.29, 0.717) is 33.7 Å². The second-order valence-electron chi connectivity index (χ2n) is 7.02. The number of esters is 1. The molecule has 0 unspecified atom stereocenters. The molecular formula is C24H17FN2O5. The third-order valence-corrected chi connectivity index (χ3v) is 5.14. The SMILES string of the molecule is COC(=O)c1ccc(-c2cc(-c3ccc(-c4ccccc4)c([N+](=O)[O-])c3C)on2)cc1F. The summed E-state index contributed by atoms with van der Waals surface area (Å²) < 4.78 is 24.2. The standard InChI is InChI=1S/C24H17FN2O5/c1-14-17(10-11-18(23(14)27(29)30)15-6-4-3-5-7-15)22-13-21(26-32-22)16-8-9-19(20(25)12-16)24(28)31-2/h3-13H,1-2H3. The summed E-state index contributed by atoms with van der Waals surface area (Å²) in [6.45, 7) is 1.65. The van der Waals surface area contributed by atoms with Crippen LogP contribution in [-0.2, 0) is 4.74 Å². The lowest BCUT2D eigenvalue weighted by molar-refractivity contribution is -0.384. The third-order valence-electron chi connectivity index (χ3n) is 5.14. The molecule has 4 aromatic rings. The summed E-state index contributed by atoms with van der Waals surface area (Å²) in [6, 6.07) is 18.0. The summed E-state index contributed by atoms with van der Waals surface area (Å²) in [5.74, 6) is -1.23. The van der Waals surface area contributed by atoms with E-state index in [-0.39, 0.29) is 11.3 Å². The number of methoxy groups -OCH3 is 1. The molecule has 160 valence electrons. The fraction of sp³-hybridized carbons (Fsp3) is 0.0833. The molecule has 0 spiro atoms. The van der Waals surface area contributed by atoms with Crippen LogP contribution >= 0.6 is 0 Å². The highest BCUT2D eigenvalue weighted by Gasteiger charge is 2.24. The smallest absolute Gasteiger partial charge is 0.340 e. The Labute approximate surface area is 182 Å². The molecule has 0 aliphatic heterocycles. The summed E-state index contributed by atoms with van der Waals surface area (Å²) in [7, 11) is 1.17. The van der Waals surface area contributed by atoms with E-state index in [1.165, 1.54) is 19.2 Å². The van der Waals surface area contributed by atoms with Crippen LogP contribution < -0.4 is 0 Å². The van der Waals surface area contributed by atoms with Crippen molar-refractivity contribution in [1.82, 2.24) is 5.16 Å². The monoisotopic (exact) mass is 432 g/mol. The van der Waals surface area contributed by atoms with Gasteiger partial charge in [0.15, 0.2) is 5.76 Å². The minimum absolute atomic E-state index is 0.0277. The number of carbonyl (C=O) groups is 1. The lowest BCUT2D eigenvalue weighted by atomic mass is 9.95. The number of rotatable bonds is 5. The van der Waals surface area contributed by atoms with E-state index >= 15 is 0 Å². The summed E-state index contributed by atoms with van der Waals surface area (Å²) >= 11 is 0. The third kappa shape index (κ3) is 3.74. The highest BCUT2D eigenvalue weighted by molar-refractivity contribution is 5.90. The number of carbonyl (C=O) groups excluding carboxylic acids is 1. The molecule has 0 saturated heterocycles. The molecule has 3 aromatic carbocycles. The first-order valence-corrected chi connectivity index (χ1v) is 9.59. The first-order chi connectivity index (χ1) is 15.4. The summed E-state index contributed by atoms with van der Waals surface area (Å²) in [5.41, 5.74) is 2.64. The number of halogens is 1. The zero-order valence-electron chi connectivity index (χ0n) is 17.2. The number of benzene rings is 3. The van der Waals surface area contributed by atoms with Crippen molar-refractivity contribution in [2.75, 3.05) is 7.11 Å². The van der Waals surface area contributed by atoms with E-state index in [2.05, 4.69) is 9.89 Å². The molecule has 7 nitrogen and oxygen atoms in total. The maximum Gasteiger partial charge on any atom is 0.340 e. The first-order valence-electron chi connectivity index (χ1n) is 9.59. The van der Waals surface area contributed by atoms with E-state index < -0.39 is 16.7 Å². The zero-order chi connectivity index (χ0) is 22.8. The molecule has 8 heteroatoms. The van der Waals surface area contributed by atoms with Crippen LogP contribution in [0.4, 0.5) is 10.1 Å². The van der Waals surface area contributed by atoms with Gasteiger partial charge in [-0.25, -0.2) is 9.18 Å². The van der Waals surface area contributed by atoms with Crippen LogP contribution in [-0.4, -0.2) is 23.2 Å². The number of hydrogen-bond donors (Lipinski definition) is 0. The fourth-order valence-corrected chi connectivity index (χ4v) is 3.54. The largest absolute Gasteiger partial charge is 0.465 e. The normalized spacial score (nSPS) is 10.7. The van der Waals surface area contributed by atoms with Crippen LogP contribution in [0.3, 0.4) is 0 Å². The Morgan fingerprint density at radius 2 is 1.75 bits per heavy atom. The van der Waals surface area contributed by atoms with Gasteiger partial charge in [-0.2, -0.15) is 0 Å². The van der Waals surface area contributed by atoms with E-state index in [0.717, 1.165) is 11.6 Å². The van der Waals surface area contributed by atoms with E-state index in [9.17, 15) is 19.3 Å². The number of nitro groups is 1. The van der Waals surface area contributed by atoms with Gasteiger partial charge in [-0.05, 0) is 36.8 Å². The molecular weight excluding hydrogens is 415 g/mol. The summed E-state index contributed by atoms with van der Waals surface area (Å²) in [5, 5.41) is 15.8. The molecule has 0 bridgehead atoms. The number of ether oxygens (including phenoxy) is 1. The predicted octanol–water partition coefficient (Wildman–Crippen LogP) is 5.82. The van der Waals surface area contributed by atoms with Gasteiger partial charge in [0, 0.05) is 22.8 Å². The van der Waals surface area contributed by atoms with Crippen molar-refractivity contribution in [3.05, 3.63) is 93.8 Å². The van der Waals surface area contributed by atoms with Gasteiger partial charge in [0.25, 0.3) is 5.69 Å². The minimum Gasteiger partial charge on any atom is -0.465 e. The minimum atomic E-state index is -0.781. The molecule has 0 radical (unpaired) electrons. The first kappa shape index (κ1) is 20.9. The molecule has 4 rings (SSSR count). The molecule has 0 aliphatic carbocycles.